The molecule has 1 heterocycles. The number of rotatable bonds is 6. The molecule has 8 aromatic rings. The first-order valence-electron chi connectivity index (χ1n) is 17.9. The largest absolute Gasteiger partial charge is 0.310 e. The number of nitrogens with zero attached hydrogens (tertiary/aromatic N) is 6. The van der Waals surface area contributed by atoms with Gasteiger partial charge in [-0.3, -0.25) is 0 Å². The van der Waals surface area contributed by atoms with E-state index in [-0.39, 0.29) is 11.8 Å². The summed E-state index contributed by atoms with van der Waals surface area (Å²) in [4.78, 5) is 15.1. The Labute approximate surface area is 313 Å². The number of nitriles is 2. The van der Waals surface area contributed by atoms with Gasteiger partial charge in [0.1, 0.15) is 12.1 Å². The van der Waals surface area contributed by atoms with Crippen LogP contribution in [0.25, 0.3) is 11.0 Å². The van der Waals surface area contributed by atoms with Gasteiger partial charge in [0.2, 0.25) is 0 Å². The fraction of sp³-hybridized carbons (Fsp3) is 0.0417. The van der Waals surface area contributed by atoms with Gasteiger partial charge < -0.3 is 9.80 Å². The van der Waals surface area contributed by atoms with Crippen LogP contribution in [0.3, 0.4) is 0 Å². The van der Waals surface area contributed by atoms with Gasteiger partial charge in [-0.15, -0.1) is 0 Å². The lowest BCUT2D eigenvalue weighted by Crippen LogP contribution is -2.30. The van der Waals surface area contributed by atoms with Gasteiger partial charge in [-0.1, -0.05) is 84.9 Å². The summed E-state index contributed by atoms with van der Waals surface area (Å²) in [5.41, 5.74) is 14.7. The van der Waals surface area contributed by atoms with Crippen LogP contribution in [0.1, 0.15) is 56.6 Å². The monoisotopic (exact) mass is 690 g/mol. The minimum Gasteiger partial charge on any atom is -0.310 e. The molecule has 0 atom stereocenters. The zero-order chi connectivity index (χ0) is 36.2. The molecule has 3 aliphatic rings. The topological polar surface area (TPSA) is 79.8 Å². The average Bonchev–Trinajstić information content (AvgIpc) is 3.24. The van der Waals surface area contributed by atoms with E-state index >= 15 is 0 Å². The Hall–Kier alpha value is -7.54. The second-order valence-corrected chi connectivity index (χ2v) is 13.6. The normalized spacial score (nSPS) is 14.6. The summed E-state index contributed by atoms with van der Waals surface area (Å²) in [6.45, 7) is 0. The molecular formula is C48H30N6. The first-order chi connectivity index (χ1) is 26.7. The summed E-state index contributed by atoms with van der Waals surface area (Å²) >= 11 is 0. The van der Waals surface area contributed by atoms with Crippen molar-refractivity contribution in [2.24, 2.45) is 0 Å². The van der Waals surface area contributed by atoms with Gasteiger partial charge in [-0.25, -0.2) is 9.97 Å². The first kappa shape index (κ1) is 31.2. The van der Waals surface area contributed by atoms with E-state index < -0.39 is 0 Å². The van der Waals surface area contributed by atoms with E-state index in [1.165, 1.54) is 22.3 Å². The molecule has 0 spiro atoms. The van der Waals surface area contributed by atoms with Gasteiger partial charge in [0, 0.05) is 34.1 Å². The molecule has 252 valence electrons. The maximum atomic E-state index is 9.90. The predicted octanol–water partition coefficient (Wildman–Crippen LogP) is 11.3. The molecule has 6 heteroatoms. The number of anilines is 6. The molecule has 0 N–H and O–H groups in total. The van der Waals surface area contributed by atoms with Crippen LogP contribution in [0.15, 0.2) is 170 Å². The number of fused-ring (bicyclic) bond motifs is 1. The third kappa shape index (κ3) is 4.93. The van der Waals surface area contributed by atoms with Gasteiger partial charge in [-0.05, 0) is 107 Å². The summed E-state index contributed by atoms with van der Waals surface area (Å²) < 4.78 is 0. The lowest BCUT2D eigenvalue weighted by atomic mass is 9.64. The van der Waals surface area contributed by atoms with Crippen LogP contribution in [0.5, 0.6) is 0 Å². The van der Waals surface area contributed by atoms with Crippen LogP contribution in [-0.2, 0) is 0 Å². The number of hydrogen-bond acceptors (Lipinski definition) is 6. The molecule has 11 rings (SSSR count). The highest BCUT2D eigenvalue weighted by molar-refractivity contribution is 5.84. The minimum absolute atomic E-state index is 0.167. The van der Waals surface area contributed by atoms with Crippen molar-refractivity contribution in [2.75, 3.05) is 9.80 Å². The Balaban J connectivity index is 1.21. The van der Waals surface area contributed by atoms with Crippen LogP contribution in [-0.4, -0.2) is 9.97 Å². The molecule has 3 aliphatic carbocycles. The average molecular weight is 691 g/mol. The summed E-state index contributed by atoms with van der Waals surface area (Å²) in [6, 6.07) is 63.1. The Morgan fingerprint density at radius 1 is 0.370 bits per heavy atom. The highest BCUT2D eigenvalue weighted by atomic mass is 15.1. The molecule has 0 fully saturated rings. The van der Waals surface area contributed by atoms with Crippen LogP contribution in [0.4, 0.5) is 34.1 Å². The van der Waals surface area contributed by atoms with Crippen molar-refractivity contribution in [2.45, 2.75) is 11.8 Å². The highest BCUT2D eigenvalue weighted by Gasteiger charge is 2.44. The van der Waals surface area contributed by atoms with E-state index in [2.05, 4.69) is 155 Å². The van der Waals surface area contributed by atoms with Crippen molar-refractivity contribution in [1.82, 2.24) is 9.97 Å². The van der Waals surface area contributed by atoms with Crippen molar-refractivity contribution in [1.29, 1.82) is 10.5 Å². The molecule has 0 saturated carbocycles. The zero-order valence-electron chi connectivity index (χ0n) is 29.0. The number of para-hydroxylation sites is 4. The molecule has 0 saturated heterocycles. The summed E-state index contributed by atoms with van der Waals surface area (Å²) in [7, 11) is 0. The fourth-order valence-corrected chi connectivity index (χ4v) is 8.30. The maximum absolute atomic E-state index is 9.90. The molecule has 6 nitrogen and oxygen atoms in total. The van der Waals surface area contributed by atoms with Crippen LogP contribution in [0, 0.1) is 22.7 Å². The second-order valence-electron chi connectivity index (χ2n) is 13.6. The number of aromatic nitrogens is 2. The first-order valence-corrected chi connectivity index (χ1v) is 17.9. The summed E-state index contributed by atoms with van der Waals surface area (Å²) in [6.07, 6.45) is 0. The van der Waals surface area contributed by atoms with Gasteiger partial charge in [-0.2, -0.15) is 10.5 Å². The van der Waals surface area contributed by atoms with Crippen LogP contribution >= 0.6 is 0 Å². The van der Waals surface area contributed by atoms with Crippen molar-refractivity contribution in [3.63, 3.8) is 0 Å². The Morgan fingerprint density at radius 3 is 1.04 bits per heavy atom. The van der Waals surface area contributed by atoms with E-state index in [1.807, 2.05) is 24.3 Å². The van der Waals surface area contributed by atoms with Crippen LogP contribution in [0.2, 0.25) is 0 Å². The molecule has 2 bridgehead atoms. The van der Waals surface area contributed by atoms with E-state index in [4.69, 9.17) is 9.97 Å². The maximum Gasteiger partial charge on any atom is 0.101 e. The molecule has 1 aromatic heterocycles. The standard InChI is InChI=1S/C48H30N6/c49-29-31-25-43-44(26-32(31)30-50)52-48-46-41-27-37(53(33-13-5-1-6-14-33)34-15-7-2-8-16-34)21-23-39(41)45(47(48)51-43)40-24-22-38(28-42(40)46)54(35-17-9-3-10-18-35)36-19-11-4-12-20-36/h1-28,45-46H. The SMILES string of the molecule is N#Cc1cc2nc3c(nc2cc1C#N)C1c2cc(N(c4ccccc4)c4ccccc4)ccc2C3c2ccc(N(c3ccccc3)c3ccccc3)cc21. The summed E-state index contributed by atoms with van der Waals surface area (Å²) in [5, 5.41) is 19.7. The minimum atomic E-state index is -0.227. The van der Waals surface area contributed by atoms with E-state index in [0.29, 0.717) is 22.2 Å². The highest BCUT2D eigenvalue weighted by Crippen LogP contribution is 2.57. The quantitative estimate of drug-likeness (QED) is 0.173. The lowest BCUT2D eigenvalue weighted by Gasteiger charge is -2.42. The van der Waals surface area contributed by atoms with Crippen molar-refractivity contribution >= 4 is 45.2 Å². The summed E-state index contributed by atoms with van der Waals surface area (Å²) in [5.74, 6) is -0.394. The van der Waals surface area contributed by atoms with Gasteiger partial charge in [0.15, 0.2) is 0 Å². The lowest BCUT2D eigenvalue weighted by molar-refractivity contribution is 0.709. The molecular weight excluding hydrogens is 661 g/mol. The van der Waals surface area contributed by atoms with Crippen molar-refractivity contribution in [3.8, 4) is 12.1 Å². The Morgan fingerprint density at radius 2 is 0.704 bits per heavy atom. The van der Waals surface area contributed by atoms with Gasteiger partial charge in [0.25, 0.3) is 0 Å². The van der Waals surface area contributed by atoms with Crippen molar-refractivity contribution in [3.05, 3.63) is 215 Å². The molecule has 7 aromatic carbocycles. The van der Waals surface area contributed by atoms with Gasteiger partial charge in [0.05, 0.1) is 45.4 Å². The van der Waals surface area contributed by atoms with Crippen LogP contribution < -0.4 is 9.80 Å². The predicted molar refractivity (Wildman–Crippen MR) is 213 cm³/mol. The number of hydrogen-bond donors (Lipinski definition) is 0. The molecule has 0 aliphatic heterocycles. The van der Waals surface area contributed by atoms with E-state index in [0.717, 1.165) is 45.5 Å². The smallest absolute Gasteiger partial charge is 0.101 e. The fourth-order valence-electron chi connectivity index (χ4n) is 8.30. The number of benzene rings is 7. The Bertz CT molecular complexity index is 2590. The third-order valence-electron chi connectivity index (χ3n) is 10.6. The van der Waals surface area contributed by atoms with Gasteiger partial charge >= 0.3 is 0 Å². The molecule has 54 heavy (non-hydrogen) atoms. The molecule has 0 unspecified atom stereocenters. The molecule has 0 amide bonds. The zero-order valence-corrected chi connectivity index (χ0v) is 29.0. The Kier molecular flexibility index (Phi) is 7.28. The van der Waals surface area contributed by atoms with E-state index in [1.54, 1.807) is 12.1 Å². The van der Waals surface area contributed by atoms with Crippen molar-refractivity contribution < 1.29 is 0 Å². The molecule has 0 radical (unpaired) electrons. The second kappa shape index (κ2) is 12.6. The van der Waals surface area contributed by atoms with E-state index in [9.17, 15) is 10.5 Å². The third-order valence-corrected chi connectivity index (χ3v) is 10.6.